The van der Waals surface area contributed by atoms with Gasteiger partial charge in [-0.25, -0.2) is 4.79 Å². The van der Waals surface area contributed by atoms with Gasteiger partial charge in [-0.15, -0.1) is 0 Å². The number of anilines is 1. The standard InChI is InChI=1S/C14H19N3O2/c1-4-19-13-7-10(2)5-6-12(13)17-14(18)16-9-11(3)8-15/h5-7,11H,4,9H2,1-3H3,(H2,16,17,18)/t11-/m1/s1. The van der Waals surface area contributed by atoms with Crippen LogP contribution in [0.15, 0.2) is 18.2 Å². The molecule has 0 bridgehead atoms. The fourth-order valence-corrected chi connectivity index (χ4v) is 1.47. The number of nitrogens with zero attached hydrogens (tertiary/aromatic N) is 1. The molecule has 5 nitrogen and oxygen atoms in total. The maximum absolute atomic E-state index is 11.7. The van der Waals surface area contributed by atoms with E-state index in [4.69, 9.17) is 10.00 Å². The minimum Gasteiger partial charge on any atom is -0.492 e. The van der Waals surface area contributed by atoms with Gasteiger partial charge in [0.15, 0.2) is 0 Å². The molecule has 1 atom stereocenters. The normalized spacial score (nSPS) is 11.3. The van der Waals surface area contributed by atoms with E-state index in [9.17, 15) is 4.79 Å². The Labute approximate surface area is 113 Å². The summed E-state index contributed by atoms with van der Waals surface area (Å²) in [6.07, 6.45) is 0. The second kappa shape index (κ2) is 7.27. The summed E-state index contributed by atoms with van der Waals surface area (Å²) in [5.74, 6) is 0.432. The van der Waals surface area contributed by atoms with Gasteiger partial charge in [-0.1, -0.05) is 6.07 Å². The maximum atomic E-state index is 11.7. The molecule has 1 aromatic carbocycles. The maximum Gasteiger partial charge on any atom is 0.319 e. The van der Waals surface area contributed by atoms with Gasteiger partial charge >= 0.3 is 6.03 Å². The highest BCUT2D eigenvalue weighted by atomic mass is 16.5. The molecule has 1 aromatic rings. The van der Waals surface area contributed by atoms with Gasteiger partial charge in [0.1, 0.15) is 5.75 Å². The van der Waals surface area contributed by atoms with Crippen LogP contribution in [0.25, 0.3) is 0 Å². The van der Waals surface area contributed by atoms with Gasteiger partial charge in [0.2, 0.25) is 0 Å². The second-order valence-corrected chi connectivity index (χ2v) is 4.30. The highest BCUT2D eigenvalue weighted by Crippen LogP contribution is 2.25. The highest BCUT2D eigenvalue weighted by Gasteiger charge is 2.08. The fourth-order valence-electron chi connectivity index (χ4n) is 1.47. The molecule has 0 saturated carbocycles. The molecule has 1 rings (SSSR count). The van der Waals surface area contributed by atoms with Crippen molar-refractivity contribution in [3.8, 4) is 11.8 Å². The Morgan fingerprint density at radius 3 is 2.89 bits per heavy atom. The molecule has 0 aliphatic heterocycles. The van der Waals surface area contributed by atoms with E-state index in [0.717, 1.165) is 5.56 Å². The minimum atomic E-state index is -0.341. The van der Waals surface area contributed by atoms with Crippen LogP contribution < -0.4 is 15.4 Å². The molecule has 0 aliphatic rings. The van der Waals surface area contributed by atoms with Crippen molar-refractivity contribution in [2.24, 2.45) is 5.92 Å². The number of nitrogens with one attached hydrogen (secondary N) is 2. The number of carbonyl (C=O) groups is 1. The number of rotatable bonds is 5. The number of hydrogen-bond donors (Lipinski definition) is 2. The number of benzene rings is 1. The summed E-state index contributed by atoms with van der Waals surface area (Å²) in [7, 11) is 0. The molecular formula is C14H19N3O2. The van der Waals surface area contributed by atoms with Crippen molar-refractivity contribution in [2.75, 3.05) is 18.5 Å². The summed E-state index contributed by atoms with van der Waals surface area (Å²) < 4.78 is 5.47. The van der Waals surface area contributed by atoms with Crippen LogP contribution in [0.4, 0.5) is 10.5 Å². The van der Waals surface area contributed by atoms with Crippen molar-refractivity contribution in [1.82, 2.24) is 5.32 Å². The summed E-state index contributed by atoms with van der Waals surface area (Å²) in [5.41, 5.74) is 1.68. The molecular weight excluding hydrogens is 242 g/mol. The quantitative estimate of drug-likeness (QED) is 0.855. The van der Waals surface area contributed by atoms with Crippen LogP contribution in [0, 0.1) is 24.2 Å². The Morgan fingerprint density at radius 2 is 2.26 bits per heavy atom. The highest BCUT2D eigenvalue weighted by molar-refractivity contribution is 5.91. The molecule has 0 aliphatic carbocycles. The molecule has 102 valence electrons. The first-order valence-corrected chi connectivity index (χ1v) is 6.24. The Hall–Kier alpha value is -2.22. The predicted octanol–water partition coefficient (Wildman–Crippen LogP) is 2.67. The molecule has 0 unspecified atom stereocenters. The molecule has 2 N–H and O–H groups in total. The average molecular weight is 261 g/mol. The van der Waals surface area contributed by atoms with Crippen LogP contribution in [-0.2, 0) is 0 Å². The van der Waals surface area contributed by atoms with E-state index < -0.39 is 0 Å². The summed E-state index contributed by atoms with van der Waals surface area (Å²) in [5, 5.41) is 14.0. The lowest BCUT2D eigenvalue weighted by Gasteiger charge is -2.13. The van der Waals surface area contributed by atoms with Crippen molar-refractivity contribution in [2.45, 2.75) is 20.8 Å². The molecule has 19 heavy (non-hydrogen) atoms. The summed E-state index contributed by atoms with van der Waals surface area (Å²) in [4.78, 5) is 11.7. The van der Waals surface area contributed by atoms with E-state index in [1.54, 1.807) is 13.0 Å². The topological polar surface area (TPSA) is 74.2 Å². The van der Waals surface area contributed by atoms with Crippen LogP contribution >= 0.6 is 0 Å². The van der Waals surface area contributed by atoms with E-state index in [-0.39, 0.29) is 11.9 Å². The van der Waals surface area contributed by atoms with Crippen LogP contribution in [0.1, 0.15) is 19.4 Å². The van der Waals surface area contributed by atoms with E-state index in [1.807, 2.05) is 26.0 Å². The zero-order valence-corrected chi connectivity index (χ0v) is 11.5. The zero-order chi connectivity index (χ0) is 14.3. The summed E-state index contributed by atoms with van der Waals surface area (Å²) in [6.45, 7) is 6.45. The van der Waals surface area contributed by atoms with Gasteiger partial charge in [-0.2, -0.15) is 5.26 Å². The van der Waals surface area contributed by atoms with Gasteiger partial charge in [0.05, 0.1) is 24.3 Å². The van der Waals surface area contributed by atoms with Crippen LogP contribution in [-0.4, -0.2) is 19.2 Å². The Balaban J connectivity index is 2.66. The SMILES string of the molecule is CCOc1cc(C)ccc1NC(=O)NC[C@H](C)C#N. The van der Waals surface area contributed by atoms with Crippen molar-refractivity contribution < 1.29 is 9.53 Å². The number of aryl methyl sites for hydroxylation is 1. The molecule has 0 radical (unpaired) electrons. The zero-order valence-electron chi connectivity index (χ0n) is 11.5. The van der Waals surface area contributed by atoms with Crippen molar-refractivity contribution in [3.05, 3.63) is 23.8 Å². The largest absolute Gasteiger partial charge is 0.492 e. The third kappa shape index (κ3) is 4.88. The first-order chi connectivity index (χ1) is 9.06. The van der Waals surface area contributed by atoms with Gasteiger partial charge < -0.3 is 15.4 Å². The van der Waals surface area contributed by atoms with Gasteiger partial charge in [-0.3, -0.25) is 0 Å². The predicted molar refractivity (Wildman–Crippen MR) is 74.1 cm³/mol. The second-order valence-electron chi connectivity index (χ2n) is 4.30. The number of amides is 2. The summed E-state index contributed by atoms with van der Waals surface area (Å²) in [6, 6.07) is 7.29. The molecule has 2 amide bonds. The Bertz CT molecular complexity index is 480. The lowest BCUT2D eigenvalue weighted by atomic mass is 10.2. The smallest absolute Gasteiger partial charge is 0.319 e. The number of carbonyl (C=O) groups excluding carboxylic acids is 1. The first kappa shape index (κ1) is 14.8. The fraction of sp³-hybridized carbons (Fsp3) is 0.429. The summed E-state index contributed by atoms with van der Waals surface area (Å²) >= 11 is 0. The number of nitriles is 1. The number of hydrogen-bond acceptors (Lipinski definition) is 3. The average Bonchev–Trinajstić information content (AvgIpc) is 2.39. The van der Waals surface area contributed by atoms with E-state index in [2.05, 4.69) is 16.7 Å². The number of urea groups is 1. The lowest BCUT2D eigenvalue weighted by molar-refractivity contribution is 0.251. The Kier molecular flexibility index (Phi) is 5.68. The molecule has 0 aromatic heterocycles. The van der Waals surface area contributed by atoms with Gasteiger partial charge in [0, 0.05) is 6.54 Å². The van der Waals surface area contributed by atoms with Crippen LogP contribution in [0.3, 0.4) is 0 Å². The van der Waals surface area contributed by atoms with Gasteiger partial charge in [-0.05, 0) is 38.5 Å². The van der Waals surface area contributed by atoms with E-state index in [1.165, 1.54) is 0 Å². The van der Waals surface area contributed by atoms with E-state index in [0.29, 0.717) is 24.6 Å². The third-order valence-corrected chi connectivity index (χ3v) is 2.47. The monoisotopic (exact) mass is 261 g/mol. The lowest BCUT2D eigenvalue weighted by Crippen LogP contribution is -2.32. The van der Waals surface area contributed by atoms with E-state index >= 15 is 0 Å². The molecule has 0 fully saturated rings. The molecule has 5 heteroatoms. The third-order valence-electron chi connectivity index (χ3n) is 2.47. The van der Waals surface area contributed by atoms with Crippen LogP contribution in [0.5, 0.6) is 5.75 Å². The minimum absolute atomic E-state index is 0.213. The van der Waals surface area contributed by atoms with Gasteiger partial charge in [0.25, 0.3) is 0 Å². The number of ether oxygens (including phenoxy) is 1. The molecule has 0 saturated heterocycles. The molecule has 0 heterocycles. The van der Waals surface area contributed by atoms with Crippen molar-refractivity contribution in [3.63, 3.8) is 0 Å². The first-order valence-electron chi connectivity index (χ1n) is 6.24. The van der Waals surface area contributed by atoms with Crippen LogP contribution in [0.2, 0.25) is 0 Å². The van der Waals surface area contributed by atoms with Crippen molar-refractivity contribution in [1.29, 1.82) is 5.26 Å². The molecule has 0 spiro atoms. The Morgan fingerprint density at radius 1 is 1.53 bits per heavy atom. The van der Waals surface area contributed by atoms with Crippen molar-refractivity contribution >= 4 is 11.7 Å².